The number of rotatable bonds is 0. The summed E-state index contributed by atoms with van der Waals surface area (Å²) in [7, 11) is 0. The number of nitrogens with zero attached hydrogens (tertiary/aromatic N) is 2. The maximum Gasteiger partial charge on any atom is 0.287 e. The Kier molecular flexibility index (Phi) is 3.49. The Morgan fingerprint density at radius 1 is 1.19 bits per heavy atom. The minimum atomic E-state index is 0. The Morgan fingerprint density at radius 3 is 2.75 bits per heavy atom. The van der Waals surface area contributed by atoms with Crippen LogP contribution >= 0.6 is 17.0 Å². The first-order valence-corrected chi connectivity index (χ1v) is 5.42. The van der Waals surface area contributed by atoms with Gasteiger partial charge in [-0.25, -0.2) is 4.99 Å². The summed E-state index contributed by atoms with van der Waals surface area (Å²) in [5.74, 6) is 0. The number of aliphatic imine (C=N–C) groups is 1. The van der Waals surface area contributed by atoms with E-state index in [4.69, 9.17) is 4.74 Å². The number of benzene rings is 1. The van der Waals surface area contributed by atoms with Gasteiger partial charge in [-0.15, -0.1) is 17.0 Å². The van der Waals surface area contributed by atoms with Gasteiger partial charge in [-0.05, 0) is 17.5 Å². The van der Waals surface area contributed by atoms with Crippen molar-refractivity contribution < 1.29 is 4.74 Å². The fourth-order valence-electron chi connectivity index (χ4n) is 2.17. The molecule has 0 unspecified atom stereocenters. The van der Waals surface area contributed by atoms with Gasteiger partial charge in [0.1, 0.15) is 6.61 Å². The molecule has 0 saturated heterocycles. The Labute approximate surface area is 106 Å². The topological polar surface area (TPSA) is 24.8 Å². The predicted molar refractivity (Wildman–Crippen MR) is 69.1 cm³/mol. The highest BCUT2D eigenvalue weighted by Crippen LogP contribution is 2.19. The third kappa shape index (κ3) is 2.07. The Hall–Kier alpha value is -1.03. The fourth-order valence-corrected chi connectivity index (χ4v) is 2.17. The first kappa shape index (κ1) is 11.5. The van der Waals surface area contributed by atoms with Crippen LogP contribution in [0.3, 0.4) is 0 Å². The summed E-state index contributed by atoms with van der Waals surface area (Å²) in [4.78, 5) is 6.58. The summed E-state index contributed by atoms with van der Waals surface area (Å²) in [6.45, 7) is 3.52. The summed E-state index contributed by atoms with van der Waals surface area (Å²) in [5.41, 5.74) is 2.87. The molecule has 3 rings (SSSR count). The van der Waals surface area contributed by atoms with Crippen molar-refractivity contribution in [3.63, 3.8) is 0 Å². The molecular weight excluding hydrogens is 268 g/mol. The molecule has 16 heavy (non-hydrogen) atoms. The third-order valence-electron chi connectivity index (χ3n) is 2.97. The SMILES string of the molecule is Br.c1ccc2c(c1)CCN(C1=NCCO1)C2. The van der Waals surface area contributed by atoms with Crippen LogP contribution in [0.1, 0.15) is 11.1 Å². The van der Waals surface area contributed by atoms with Crippen molar-refractivity contribution in [2.75, 3.05) is 19.7 Å². The number of fused-ring (bicyclic) bond motifs is 1. The largest absolute Gasteiger partial charge is 0.463 e. The van der Waals surface area contributed by atoms with Crippen molar-refractivity contribution in [3.8, 4) is 0 Å². The molecule has 4 heteroatoms. The van der Waals surface area contributed by atoms with Gasteiger partial charge in [0.2, 0.25) is 0 Å². The van der Waals surface area contributed by atoms with E-state index in [2.05, 4.69) is 34.2 Å². The summed E-state index contributed by atoms with van der Waals surface area (Å²) in [5, 5.41) is 0. The van der Waals surface area contributed by atoms with Crippen LogP contribution in [0.2, 0.25) is 0 Å². The molecule has 0 atom stereocenters. The molecule has 2 heterocycles. The van der Waals surface area contributed by atoms with E-state index < -0.39 is 0 Å². The van der Waals surface area contributed by atoms with E-state index in [0.29, 0.717) is 0 Å². The summed E-state index contributed by atoms with van der Waals surface area (Å²) in [6, 6.07) is 9.45. The lowest BCUT2D eigenvalue weighted by Gasteiger charge is -2.29. The van der Waals surface area contributed by atoms with Gasteiger partial charge in [0, 0.05) is 13.1 Å². The molecule has 0 fully saturated rings. The second-order valence-electron chi connectivity index (χ2n) is 3.95. The molecule has 3 nitrogen and oxygen atoms in total. The van der Waals surface area contributed by atoms with Crippen molar-refractivity contribution in [3.05, 3.63) is 35.4 Å². The normalized spacial score (nSPS) is 18.2. The molecule has 0 radical (unpaired) electrons. The van der Waals surface area contributed by atoms with Gasteiger partial charge in [-0.1, -0.05) is 24.3 Å². The van der Waals surface area contributed by atoms with Gasteiger partial charge >= 0.3 is 0 Å². The molecule has 0 bridgehead atoms. The summed E-state index contributed by atoms with van der Waals surface area (Å²) >= 11 is 0. The van der Waals surface area contributed by atoms with Crippen LogP contribution in [0.5, 0.6) is 0 Å². The van der Waals surface area contributed by atoms with E-state index in [-0.39, 0.29) is 17.0 Å². The Morgan fingerprint density at radius 2 is 2.00 bits per heavy atom. The van der Waals surface area contributed by atoms with Crippen molar-refractivity contribution in [2.45, 2.75) is 13.0 Å². The van der Waals surface area contributed by atoms with Crippen LogP contribution in [0.25, 0.3) is 0 Å². The van der Waals surface area contributed by atoms with E-state index in [1.54, 1.807) is 0 Å². The van der Waals surface area contributed by atoms with Gasteiger partial charge in [0.15, 0.2) is 0 Å². The van der Waals surface area contributed by atoms with Crippen molar-refractivity contribution in [1.29, 1.82) is 0 Å². The van der Waals surface area contributed by atoms with Crippen LogP contribution in [0.4, 0.5) is 0 Å². The van der Waals surface area contributed by atoms with Gasteiger partial charge < -0.3 is 9.64 Å². The molecule has 1 aromatic rings. The first-order valence-electron chi connectivity index (χ1n) is 5.42. The second-order valence-corrected chi connectivity index (χ2v) is 3.95. The van der Waals surface area contributed by atoms with E-state index in [9.17, 15) is 0 Å². The van der Waals surface area contributed by atoms with Crippen molar-refractivity contribution >= 4 is 23.0 Å². The third-order valence-corrected chi connectivity index (χ3v) is 2.97. The molecule has 0 amide bonds. The number of ether oxygens (including phenoxy) is 1. The molecule has 2 aliphatic rings. The minimum Gasteiger partial charge on any atom is -0.463 e. The zero-order valence-corrected chi connectivity index (χ0v) is 10.8. The van der Waals surface area contributed by atoms with E-state index in [0.717, 1.165) is 38.7 Å². The molecule has 1 aromatic carbocycles. The Balaban J connectivity index is 0.000000963. The van der Waals surface area contributed by atoms with Crippen molar-refractivity contribution in [1.82, 2.24) is 4.90 Å². The zero-order valence-electron chi connectivity index (χ0n) is 9.06. The van der Waals surface area contributed by atoms with Crippen LogP contribution in [0, 0.1) is 0 Å². The monoisotopic (exact) mass is 282 g/mol. The fraction of sp³-hybridized carbons (Fsp3) is 0.417. The van der Waals surface area contributed by atoms with Gasteiger partial charge in [-0.3, -0.25) is 0 Å². The minimum absolute atomic E-state index is 0. The van der Waals surface area contributed by atoms with Crippen LogP contribution in [-0.2, 0) is 17.7 Å². The highest BCUT2D eigenvalue weighted by atomic mass is 79.9. The highest BCUT2D eigenvalue weighted by molar-refractivity contribution is 8.93. The number of amidine groups is 1. The standard InChI is InChI=1S/C12H14N2O.BrH/c1-2-4-11-9-14(7-5-10(11)3-1)12-13-6-8-15-12;/h1-4H,5-9H2;1H. The maximum absolute atomic E-state index is 5.48. The second kappa shape index (κ2) is 4.87. The van der Waals surface area contributed by atoms with Crippen LogP contribution < -0.4 is 0 Å². The zero-order chi connectivity index (χ0) is 10.1. The number of hydrogen-bond donors (Lipinski definition) is 0. The van der Waals surface area contributed by atoms with Crippen LogP contribution in [-0.4, -0.2) is 30.6 Å². The molecule has 0 aromatic heterocycles. The first-order chi connectivity index (χ1) is 7.43. The molecule has 2 aliphatic heterocycles. The highest BCUT2D eigenvalue weighted by Gasteiger charge is 2.21. The number of halogens is 1. The summed E-state index contributed by atoms with van der Waals surface area (Å²) in [6.07, 6.45) is 1.10. The van der Waals surface area contributed by atoms with Gasteiger partial charge in [0.05, 0.1) is 6.54 Å². The summed E-state index contributed by atoms with van der Waals surface area (Å²) < 4.78 is 5.48. The van der Waals surface area contributed by atoms with Gasteiger partial charge in [0.25, 0.3) is 6.02 Å². The molecule has 86 valence electrons. The lowest BCUT2D eigenvalue weighted by molar-refractivity contribution is 0.253. The smallest absolute Gasteiger partial charge is 0.287 e. The molecule has 0 saturated carbocycles. The maximum atomic E-state index is 5.48. The van der Waals surface area contributed by atoms with E-state index in [1.165, 1.54) is 11.1 Å². The average molecular weight is 283 g/mol. The van der Waals surface area contributed by atoms with Gasteiger partial charge in [-0.2, -0.15) is 0 Å². The molecular formula is C12H15BrN2O. The molecule has 0 spiro atoms. The quantitative estimate of drug-likeness (QED) is 0.727. The molecule has 0 N–H and O–H groups in total. The predicted octanol–water partition coefficient (Wildman–Crippen LogP) is 2.01. The molecule has 0 aliphatic carbocycles. The lowest BCUT2D eigenvalue weighted by atomic mass is 10.0. The number of hydrogen-bond acceptors (Lipinski definition) is 3. The van der Waals surface area contributed by atoms with Crippen molar-refractivity contribution in [2.24, 2.45) is 4.99 Å². The van der Waals surface area contributed by atoms with Crippen LogP contribution in [0.15, 0.2) is 29.3 Å². The van der Waals surface area contributed by atoms with E-state index in [1.807, 2.05) is 0 Å². The van der Waals surface area contributed by atoms with E-state index >= 15 is 0 Å². The Bertz CT molecular complexity index is 406. The lowest BCUT2D eigenvalue weighted by Crippen LogP contribution is -2.36. The average Bonchev–Trinajstić information content (AvgIpc) is 2.82.